The molecule has 0 aromatic heterocycles. The molecule has 0 bridgehead atoms. The van der Waals surface area contributed by atoms with Crippen LogP contribution in [-0.2, 0) is 13.1 Å². The summed E-state index contributed by atoms with van der Waals surface area (Å²) < 4.78 is 10.7. The van der Waals surface area contributed by atoms with E-state index in [1.807, 2.05) is 29.2 Å². The fourth-order valence-corrected chi connectivity index (χ4v) is 4.23. The molecule has 0 saturated carbocycles. The van der Waals surface area contributed by atoms with Gasteiger partial charge in [-0.15, -0.1) is 0 Å². The van der Waals surface area contributed by atoms with Crippen molar-refractivity contribution in [3.63, 3.8) is 0 Å². The Balaban J connectivity index is 1.60. The van der Waals surface area contributed by atoms with Gasteiger partial charge in [0, 0.05) is 32.2 Å². The number of nitrogens with one attached hydrogen (secondary N) is 1. The van der Waals surface area contributed by atoms with E-state index in [-0.39, 0.29) is 12.1 Å². The average molecular weight is 426 g/mol. The van der Waals surface area contributed by atoms with Crippen molar-refractivity contribution in [2.45, 2.75) is 45.3 Å². The topological polar surface area (TPSA) is 54.0 Å². The summed E-state index contributed by atoms with van der Waals surface area (Å²) in [5, 5.41) is 3.11. The van der Waals surface area contributed by atoms with Crippen LogP contribution in [0.5, 0.6) is 11.5 Å². The molecule has 2 aromatic rings. The number of hydrogen-bond acceptors (Lipinski definition) is 4. The maximum atomic E-state index is 13.1. The number of carbonyl (C=O) groups is 1. The molecule has 1 heterocycles. The average Bonchev–Trinajstić information content (AvgIpc) is 2.81. The minimum absolute atomic E-state index is 0.00296. The first-order chi connectivity index (χ1) is 15.1. The van der Waals surface area contributed by atoms with E-state index in [4.69, 9.17) is 9.47 Å². The van der Waals surface area contributed by atoms with Crippen LogP contribution < -0.4 is 14.8 Å². The Morgan fingerprint density at radius 2 is 1.87 bits per heavy atom. The predicted octanol–water partition coefficient (Wildman–Crippen LogP) is 4.29. The zero-order chi connectivity index (χ0) is 22.1. The number of piperidine rings is 1. The number of carbonyl (C=O) groups excluding carboxylic acids is 1. The van der Waals surface area contributed by atoms with Crippen LogP contribution in [0.1, 0.15) is 37.3 Å². The smallest absolute Gasteiger partial charge is 0.317 e. The number of hydrogen-bond donors (Lipinski definition) is 1. The molecule has 0 aliphatic carbocycles. The Labute approximate surface area is 186 Å². The zero-order valence-electron chi connectivity index (χ0n) is 19.0. The van der Waals surface area contributed by atoms with Crippen LogP contribution >= 0.6 is 0 Å². The summed E-state index contributed by atoms with van der Waals surface area (Å²) in [6, 6.07) is 16.5. The summed E-state index contributed by atoms with van der Waals surface area (Å²) in [6.07, 6.45) is 3.11. The highest BCUT2D eigenvalue weighted by atomic mass is 16.5. The fraction of sp³-hybridized carbons (Fsp3) is 0.480. The van der Waals surface area contributed by atoms with Crippen molar-refractivity contribution in [3.05, 3.63) is 59.7 Å². The second-order valence-corrected chi connectivity index (χ2v) is 8.06. The Morgan fingerprint density at radius 3 is 2.58 bits per heavy atom. The number of rotatable bonds is 9. The predicted molar refractivity (Wildman–Crippen MR) is 124 cm³/mol. The highest BCUT2D eigenvalue weighted by molar-refractivity contribution is 5.74. The zero-order valence-corrected chi connectivity index (χ0v) is 19.0. The van der Waals surface area contributed by atoms with Crippen molar-refractivity contribution in [1.82, 2.24) is 15.1 Å². The molecule has 168 valence electrons. The largest absolute Gasteiger partial charge is 0.493 e. The molecule has 0 radical (unpaired) electrons. The third-order valence-corrected chi connectivity index (χ3v) is 5.79. The molecule has 2 amide bonds. The molecule has 0 spiro atoms. The first-order valence-corrected chi connectivity index (χ1v) is 11.2. The van der Waals surface area contributed by atoms with E-state index < -0.39 is 0 Å². The lowest BCUT2D eigenvalue weighted by molar-refractivity contribution is 0.107. The fourth-order valence-electron chi connectivity index (χ4n) is 4.23. The Hall–Kier alpha value is -2.73. The summed E-state index contributed by atoms with van der Waals surface area (Å²) in [6.45, 7) is 6.28. The van der Waals surface area contributed by atoms with Crippen LogP contribution in [-0.4, -0.2) is 55.7 Å². The summed E-state index contributed by atoms with van der Waals surface area (Å²) in [5.41, 5.74) is 2.31. The molecular formula is C25H35N3O3. The van der Waals surface area contributed by atoms with Gasteiger partial charge in [0.2, 0.25) is 0 Å². The molecule has 1 aliphatic rings. The lowest BCUT2D eigenvalue weighted by Gasteiger charge is -2.39. The van der Waals surface area contributed by atoms with Crippen molar-refractivity contribution in [3.8, 4) is 11.5 Å². The van der Waals surface area contributed by atoms with E-state index >= 15 is 0 Å². The van der Waals surface area contributed by atoms with E-state index in [9.17, 15) is 4.79 Å². The summed E-state index contributed by atoms with van der Waals surface area (Å²) in [5.74, 6) is 1.36. The summed E-state index contributed by atoms with van der Waals surface area (Å²) >= 11 is 0. The van der Waals surface area contributed by atoms with Gasteiger partial charge in [-0.2, -0.15) is 0 Å². The first kappa shape index (κ1) is 22.9. The second kappa shape index (κ2) is 11.6. The Kier molecular flexibility index (Phi) is 8.59. The van der Waals surface area contributed by atoms with E-state index in [0.717, 1.165) is 51.0 Å². The van der Waals surface area contributed by atoms with Crippen LogP contribution in [0.25, 0.3) is 0 Å². The van der Waals surface area contributed by atoms with Crippen molar-refractivity contribution in [2.75, 3.05) is 33.9 Å². The quantitative estimate of drug-likeness (QED) is 0.651. The van der Waals surface area contributed by atoms with Gasteiger partial charge >= 0.3 is 6.03 Å². The maximum Gasteiger partial charge on any atom is 0.317 e. The van der Waals surface area contributed by atoms with Gasteiger partial charge in [-0.05, 0) is 49.1 Å². The second-order valence-electron chi connectivity index (χ2n) is 8.06. The molecule has 1 atom stereocenters. The molecule has 6 nitrogen and oxygen atoms in total. The van der Waals surface area contributed by atoms with Gasteiger partial charge in [-0.3, -0.25) is 4.90 Å². The van der Waals surface area contributed by atoms with E-state index in [0.29, 0.717) is 18.0 Å². The van der Waals surface area contributed by atoms with Gasteiger partial charge in [0.25, 0.3) is 0 Å². The van der Waals surface area contributed by atoms with Crippen LogP contribution in [0, 0.1) is 0 Å². The standard InChI is InChI=1S/C25H35N3O3/c1-4-14-28(22-11-8-15-27(19-22)18-20-9-6-5-7-10-20)25(29)26-17-21-12-13-23(30-2)24(16-21)31-3/h5-7,9-10,12-13,16,22H,4,8,11,14-15,17-19H2,1-3H3,(H,26,29). The Morgan fingerprint density at radius 1 is 1.10 bits per heavy atom. The van der Waals surface area contributed by atoms with Crippen LogP contribution in [0.15, 0.2) is 48.5 Å². The SMILES string of the molecule is CCCN(C(=O)NCc1ccc(OC)c(OC)c1)C1CCCN(Cc2ccccc2)C1. The first-order valence-electron chi connectivity index (χ1n) is 11.2. The molecule has 6 heteroatoms. The molecule has 1 aliphatic heterocycles. The molecule has 1 N–H and O–H groups in total. The minimum Gasteiger partial charge on any atom is -0.493 e. The summed E-state index contributed by atoms with van der Waals surface area (Å²) in [7, 11) is 3.24. The minimum atomic E-state index is 0.00296. The highest BCUT2D eigenvalue weighted by Crippen LogP contribution is 2.27. The van der Waals surface area contributed by atoms with Gasteiger partial charge in [0.1, 0.15) is 0 Å². The molecule has 3 rings (SSSR count). The van der Waals surface area contributed by atoms with Crippen molar-refractivity contribution < 1.29 is 14.3 Å². The number of amides is 2. The molecule has 31 heavy (non-hydrogen) atoms. The lowest BCUT2D eigenvalue weighted by atomic mass is 10.0. The van der Waals surface area contributed by atoms with Crippen LogP contribution in [0.3, 0.4) is 0 Å². The van der Waals surface area contributed by atoms with Crippen LogP contribution in [0.4, 0.5) is 4.79 Å². The van der Waals surface area contributed by atoms with E-state index in [1.54, 1.807) is 14.2 Å². The van der Waals surface area contributed by atoms with Crippen molar-refractivity contribution in [2.24, 2.45) is 0 Å². The molecule has 1 unspecified atom stereocenters. The molecule has 2 aromatic carbocycles. The van der Waals surface area contributed by atoms with Crippen molar-refractivity contribution in [1.29, 1.82) is 0 Å². The molecular weight excluding hydrogens is 390 g/mol. The van der Waals surface area contributed by atoms with Gasteiger partial charge < -0.3 is 19.7 Å². The summed E-state index contributed by atoms with van der Waals surface area (Å²) in [4.78, 5) is 17.6. The van der Waals surface area contributed by atoms with Crippen LogP contribution in [0.2, 0.25) is 0 Å². The monoisotopic (exact) mass is 425 g/mol. The van der Waals surface area contributed by atoms with Crippen molar-refractivity contribution >= 4 is 6.03 Å². The van der Waals surface area contributed by atoms with Gasteiger partial charge in [-0.25, -0.2) is 4.79 Å². The third-order valence-electron chi connectivity index (χ3n) is 5.79. The molecule has 1 saturated heterocycles. The number of urea groups is 1. The van der Waals surface area contributed by atoms with Gasteiger partial charge in [0.05, 0.1) is 14.2 Å². The number of methoxy groups -OCH3 is 2. The molecule has 1 fully saturated rings. The lowest BCUT2D eigenvalue weighted by Crippen LogP contribution is -2.53. The Bertz CT molecular complexity index is 828. The van der Waals surface area contributed by atoms with Gasteiger partial charge in [0.15, 0.2) is 11.5 Å². The number of benzene rings is 2. The normalized spacial score (nSPS) is 16.5. The van der Waals surface area contributed by atoms with E-state index in [1.165, 1.54) is 5.56 Å². The van der Waals surface area contributed by atoms with E-state index in [2.05, 4.69) is 41.4 Å². The number of likely N-dealkylation sites (tertiary alicyclic amines) is 1. The maximum absolute atomic E-state index is 13.1. The third kappa shape index (κ3) is 6.37. The number of ether oxygens (including phenoxy) is 2. The number of nitrogens with zero attached hydrogens (tertiary/aromatic N) is 2. The highest BCUT2D eigenvalue weighted by Gasteiger charge is 2.28. The van der Waals surface area contributed by atoms with Gasteiger partial charge in [-0.1, -0.05) is 43.3 Å².